The average Bonchev–Trinajstić information content (AvgIpc) is 3.28. The Bertz CT molecular complexity index is 1290. The minimum Gasteiger partial charge on any atom is -0.378 e. The van der Waals surface area contributed by atoms with E-state index in [9.17, 15) is 4.79 Å². The second-order valence-electron chi connectivity index (χ2n) is 7.53. The van der Waals surface area contributed by atoms with Gasteiger partial charge in [0, 0.05) is 30.2 Å². The highest BCUT2D eigenvalue weighted by atomic mass is 16.5. The van der Waals surface area contributed by atoms with E-state index in [1.54, 1.807) is 12.5 Å². The first-order valence-electron chi connectivity index (χ1n) is 10.6. The van der Waals surface area contributed by atoms with Crippen molar-refractivity contribution < 1.29 is 9.53 Å². The fourth-order valence-electron chi connectivity index (χ4n) is 3.69. The molecule has 1 fully saturated rings. The Morgan fingerprint density at radius 2 is 1.85 bits per heavy atom. The summed E-state index contributed by atoms with van der Waals surface area (Å²) in [7, 11) is 0. The van der Waals surface area contributed by atoms with E-state index in [1.807, 2.05) is 41.0 Å². The van der Waals surface area contributed by atoms with Crippen LogP contribution in [0.25, 0.3) is 16.9 Å². The molecule has 5 rings (SSSR count). The third-order valence-electron chi connectivity index (χ3n) is 5.37. The molecule has 1 aliphatic heterocycles. The number of anilines is 4. The van der Waals surface area contributed by atoms with E-state index in [2.05, 4.69) is 49.2 Å². The van der Waals surface area contributed by atoms with Gasteiger partial charge in [0.2, 0.25) is 11.9 Å². The monoisotopic (exact) mass is 441 g/mol. The zero-order chi connectivity index (χ0) is 22.6. The number of ether oxygens (including phenoxy) is 1. The molecule has 1 aliphatic rings. The number of nitrogens with one attached hydrogen (secondary N) is 2. The highest BCUT2D eigenvalue weighted by Crippen LogP contribution is 2.23. The van der Waals surface area contributed by atoms with E-state index in [1.165, 1.54) is 11.8 Å². The highest BCUT2D eigenvalue weighted by molar-refractivity contribution is 5.99. The minimum atomic E-state index is -0.268. The molecule has 2 aromatic heterocycles. The Hall–Kier alpha value is -4.24. The Kier molecular flexibility index (Phi) is 5.69. The van der Waals surface area contributed by atoms with Crippen molar-refractivity contribution in [1.29, 1.82) is 0 Å². The van der Waals surface area contributed by atoms with Gasteiger partial charge in [-0.3, -0.25) is 9.36 Å². The molecule has 166 valence electrons. The lowest BCUT2D eigenvalue weighted by Gasteiger charge is -2.28. The molecule has 0 saturated carbocycles. The van der Waals surface area contributed by atoms with E-state index < -0.39 is 0 Å². The second kappa shape index (κ2) is 9.09. The lowest BCUT2D eigenvalue weighted by atomic mass is 10.2. The fraction of sp³-hybridized carbons (Fsp3) is 0.167. The largest absolute Gasteiger partial charge is 0.378 e. The Morgan fingerprint density at radius 3 is 2.64 bits per heavy atom. The molecular weight excluding hydrogens is 418 g/mol. The lowest BCUT2D eigenvalue weighted by Crippen LogP contribution is -2.36. The van der Waals surface area contributed by atoms with Gasteiger partial charge in [-0.15, -0.1) is 0 Å². The SMILES string of the molecule is C=CC(=O)Nc1cccc(-n2cnc3cnc(Nc4ccc(N5CCOCC5)cc4)nc32)c1. The van der Waals surface area contributed by atoms with Gasteiger partial charge in [0.1, 0.15) is 11.8 Å². The predicted octanol–water partition coefficient (Wildman–Crippen LogP) is 3.52. The van der Waals surface area contributed by atoms with E-state index >= 15 is 0 Å². The summed E-state index contributed by atoms with van der Waals surface area (Å²) in [5.74, 6) is 0.204. The van der Waals surface area contributed by atoms with Crippen molar-refractivity contribution in [1.82, 2.24) is 19.5 Å². The molecule has 4 aromatic rings. The molecule has 9 nitrogen and oxygen atoms in total. The number of aromatic nitrogens is 4. The van der Waals surface area contributed by atoms with Crippen molar-refractivity contribution in [3.05, 3.63) is 73.7 Å². The number of hydrogen-bond donors (Lipinski definition) is 2. The van der Waals surface area contributed by atoms with Gasteiger partial charge in [-0.25, -0.2) is 9.97 Å². The molecule has 0 aliphatic carbocycles. The quantitative estimate of drug-likeness (QED) is 0.442. The number of fused-ring (bicyclic) bond motifs is 1. The van der Waals surface area contributed by atoms with Crippen molar-refractivity contribution in [3.8, 4) is 5.69 Å². The Morgan fingerprint density at radius 1 is 1.03 bits per heavy atom. The Balaban J connectivity index is 1.38. The lowest BCUT2D eigenvalue weighted by molar-refractivity contribution is -0.111. The van der Waals surface area contributed by atoms with Crippen molar-refractivity contribution in [3.63, 3.8) is 0 Å². The number of imidazole rings is 1. The number of benzene rings is 2. The molecule has 0 radical (unpaired) electrons. The van der Waals surface area contributed by atoms with Crippen LogP contribution < -0.4 is 15.5 Å². The van der Waals surface area contributed by atoms with Crippen molar-refractivity contribution >= 4 is 40.1 Å². The number of carbonyl (C=O) groups excluding carboxylic acids is 1. The Labute approximate surface area is 190 Å². The van der Waals surface area contributed by atoms with Crippen LogP contribution in [0.15, 0.2) is 73.7 Å². The maximum atomic E-state index is 11.6. The first-order chi connectivity index (χ1) is 16.2. The maximum Gasteiger partial charge on any atom is 0.247 e. The second-order valence-corrected chi connectivity index (χ2v) is 7.53. The van der Waals surface area contributed by atoms with Crippen LogP contribution in [0.3, 0.4) is 0 Å². The molecule has 1 saturated heterocycles. The topological polar surface area (TPSA) is 97.2 Å². The third kappa shape index (κ3) is 4.53. The van der Waals surface area contributed by atoms with E-state index in [-0.39, 0.29) is 5.91 Å². The van der Waals surface area contributed by atoms with Crippen LogP contribution >= 0.6 is 0 Å². The summed E-state index contributed by atoms with van der Waals surface area (Å²) in [4.78, 5) is 27.4. The molecule has 0 unspecified atom stereocenters. The number of nitrogens with zero attached hydrogens (tertiary/aromatic N) is 5. The number of carbonyl (C=O) groups is 1. The number of hydrogen-bond acceptors (Lipinski definition) is 7. The summed E-state index contributed by atoms with van der Waals surface area (Å²) in [6.45, 7) is 6.79. The van der Waals surface area contributed by atoms with Crippen LogP contribution in [0.5, 0.6) is 0 Å². The zero-order valence-corrected chi connectivity index (χ0v) is 17.9. The summed E-state index contributed by atoms with van der Waals surface area (Å²) < 4.78 is 7.28. The van der Waals surface area contributed by atoms with Gasteiger partial charge < -0.3 is 20.3 Å². The van der Waals surface area contributed by atoms with E-state index in [4.69, 9.17) is 4.74 Å². The van der Waals surface area contributed by atoms with Gasteiger partial charge in [0.15, 0.2) is 5.65 Å². The van der Waals surface area contributed by atoms with Crippen molar-refractivity contribution in [2.45, 2.75) is 0 Å². The molecule has 1 amide bonds. The van der Waals surface area contributed by atoms with Crippen LogP contribution in [-0.2, 0) is 9.53 Å². The molecular formula is C24H23N7O2. The number of rotatable bonds is 6. The molecule has 2 aromatic carbocycles. The smallest absolute Gasteiger partial charge is 0.247 e. The van der Waals surface area contributed by atoms with Crippen molar-refractivity contribution in [2.75, 3.05) is 41.8 Å². The fourth-order valence-corrected chi connectivity index (χ4v) is 3.69. The summed E-state index contributed by atoms with van der Waals surface area (Å²) in [5, 5.41) is 6.03. The first kappa shape index (κ1) is 20.7. The van der Waals surface area contributed by atoms with Gasteiger partial charge >= 0.3 is 0 Å². The molecule has 0 bridgehead atoms. The van der Waals surface area contributed by atoms with Crippen LogP contribution in [0.4, 0.5) is 23.0 Å². The average molecular weight is 441 g/mol. The van der Waals surface area contributed by atoms with Crippen LogP contribution in [0, 0.1) is 0 Å². The van der Waals surface area contributed by atoms with Crippen LogP contribution in [-0.4, -0.2) is 51.7 Å². The van der Waals surface area contributed by atoms with Gasteiger partial charge in [-0.05, 0) is 48.5 Å². The predicted molar refractivity (Wildman–Crippen MR) is 128 cm³/mol. The van der Waals surface area contributed by atoms with E-state index in [0.717, 1.165) is 37.7 Å². The van der Waals surface area contributed by atoms with E-state index in [0.29, 0.717) is 22.8 Å². The summed E-state index contributed by atoms with van der Waals surface area (Å²) >= 11 is 0. The van der Waals surface area contributed by atoms with Gasteiger partial charge in [0.05, 0.1) is 25.1 Å². The molecule has 0 atom stereocenters. The normalized spacial score (nSPS) is 13.6. The van der Waals surface area contributed by atoms with Gasteiger partial charge in [0.25, 0.3) is 0 Å². The zero-order valence-electron chi connectivity index (χ0n) is 17.9. The highest BCUT2D eigenvalue weighted by Gasteiger charge is 2.12. The summed E-state index contributed by atoms with van der Waals surface area (Å²) in [5.41, 5.74) is 4.87. The number of morpholine rings is 1. The summed E-state index contributed by atoms with van der Waals surface area (Å²) in [6, 6.07) is 15.6. The van der Waals surface area contributed by atoms with Crippen molar-refractivity contribution in [2.24, 2.45) is 0 Å². The van der Waals surface area contributed by atoms with Gasteiger partial charge in [-0.1, -0.05) is 12.6 Å². The summed E-state index contributed by atoms with van der Waals surface area (Å²) in [6.07, 6.45) is 4.61. The maximum absolute atomic E-state index is 11.6. The standard InChI is InChI=1S/C24H23N7O2/c1-2-22(32)27-18-4-3-5-20(14-18)31-16-26-21-15-25-24(29-23(21)31)28-17-6-8-19(9-7-17)30-10-12-33-13-11-30/h2-9,14-16H,1,10-13H2,(H,27,32)(H,25,28,29). The minimum absolute atomic E-state index is 0.268. The number of amides is 1. The molecule has 3 heterocycles. The molecule has 33 heavy (non-hydrogen) atoms. The molecule has 0 spiro atoms. The van der Waals surface area contributed by atoms with Crippen LogP contribution in [0.1, 0.15) is 0 Å². The van der Waals surface area contributed by atoms with Gasteiger partial charge in [-0.2, -0.15) is 4.98 Å². The third-order valence-corrected chi connectivity index (χ3v) is 5.37. The van der Waals surface area contributed by atoms with Crippen LogP contribution in [0.2, 0.25) is 0 Å². The molecule has 2 N–H and O–H groups in total. The first-order valence-corrected chi connectivity index (χ1v) is 10.6. The molecule has 9 heteroatoms.